The van der Waals surface area contributed by atoms with Crippen LogP contribution in [0.3, 0.4) is 0 Å². The fourth-order valence-corrected chi connectivity index (χ4v) is 6.94. The van der Waals surface area contributed by atoms with Crippen LogP contribution in [0, 0.1) is 31.1 Å². The zero-order valence-electron chi connectivity index (χ0n) is 21.2. The molecular weight excluding hydrogens is 458 g/mol. The van der Waals surface area contributed by atoms with Crippen LogP contribution in [0.5, 0.6) is 0 Å². The Hall–Kier alpha value is -2.85. The number of rotatable bonds is 6. The molecule has 0 radical (unpaired) electrons. The highest BCUT2D eigenvalue weighted by atomic mass is 32.1. The van der Waals surface area contributed by atoms with Crippen molar-refractivity contribution < 1.29 is 14.3 Å². The Morgan fingerprint density at radius 3 is 2.69 bits per heavy atom. The second-order valence-electron chi connectivity index (χ2n) is 9.78. The zero-order valence-corrected chi connectivity index (χ0v) is 22.0. The summed E-state index contributed by atoms with van der Waals surface area (Å²) in [4.78, 5) is 27.2. The van der Waals surface area contributed by atoms with Crippen LogP contribution in [0.1, 0.15) is 90.1 Å². The molecule has 1 amide bonds. The van der Waals surface area contributed by atoms with Gasteiger partial charge in [-0.15, -0.1) is 11.3 Å². The van der Waals surface area contributed by atoms with E-state index in [4.69, 9.17) is 4.74 Å². The minimum atomic E-state index is -0.310. The van der Waals surface area contributed by atoms with Gasteiger partial charge in [-0.05, 0) is 88.5 Å². The summed E-state index contributed by atoms with van der Waals surface area (Å²) in [6.45, 7) is 8.29. The maximum atomic E-state index is 13.0. The number of esters is 1. The predicted octanol–water partition coefficient (Wildman–Crippen LogP) is 5.81. The SMILES string of the molecule is CCOC(=O)c1c(-n2c(C)cc(/C=C(\C#N)C(=O)N[C@@H]3CCCC[C@H]3C)c2C)sc2c1CCCC2. The van der Waals surface area contributed by atoms with Crippen molar-refractivity contribution in [2.75, 3.05) is 6.61 Å². The first-order valence-corrected chi connectivity index (χ1v) is 13.6. The number of aromatic nitrogens is 1. The fraction of sp³-hybridized carbons (Fsp3) is 0.536. The fourth-order valence-electron chi connectivity index (χ4n) is 5.45. The van der Waals surface area contributed by atoms with Gasteiger partial charge in [-0.1, -0.05) is 19.8 Å². The van der Waals surface area contributed by atoms with Gasteiger partial charge >= 0.3 is 5.97 Å². The van der Waals surface area contributed by atoms with Crippen LogP contribution in [0.2, 0.25) is 0 Å². The van der Waals surface area contributed by atoms with Gasteiger partial charge in [0.05, 0.1) is 12.2 Å². The summed E-state index contributed by atoms with van der Waals surface area (Å²) in [6, 6.07) is 4.20. The molecule has 4 rings (SSSR count). The number of thiophene rings is 1. The van der Waals surface area contributed by atoms with Crippen molar-refractivity contribution in [1.82, 2.24) is 9.88 Å². The highest BCUT2D eigenvalue weighted by Gasteiger charge is 2.29. The van der Waals surface area contributed by atoms with E-state index in [-0.39, 0.29) is 23.5 Å². The van der Waals surface area contributed by atoms with Crippen LogP contribution in [-0.4, -0.2) is 29.1 Å². The number of fused-ring (bicyclic) bond motifs is 1. The first-order chi connectivity index (χ1) is 16.8. The summed E-state index contributed by atoms with van der Waals surface area (Å²) >= 11 is 1.66. The summed E-state index contributed by atoms with van der Waals surface area (Å²) in [7, 11) is 0. The molecule has 1 fully saturated rings. The minimum Gasteiger partial charge on any atom is -0.462 e. The highest BCUT2D eigenvalue weighted by Crippen LogP contribution is 2.39. The van der Waals surface area contributed by atoms with Crippen molar-refractivity contribution in [2.24, 2.45) is 5.92 Å². The van der Waals surface area contributed by atoms with Crippen molar-refractivity contribution in [1.29, 1.82) is 5.26 Å². The molecule has 2 aromatic heterocycles. The Labute approximate surface area is 212 Å². The molecule has 2 aromatic rings. The van der Waals surface area contributed by atoms with Gasteiger partial charge in [0.1, 0.15) is 16.6 Å². The largest absolute Gasteiger partial charge is 0.462 e. The van der Waals surface area contributed by atoms with Gasteiger partial charge in [-0.25, -0.2) is 4.79 Å². The quantitative estimate of drug-likeness (QED) is 0.312. The van der Waals surface area contributed by atoms with Crippen LogP contribution in [0.15, 0.2) is 11.6 Å². The highest BCUT2D eigenvalue weighted by molar-refractivity contribution is 7.15. The number of carbonyl (C=O) groups excluding carboxylic acids is 2. The van der Waals surface area contributed by atoms with Gasteiger partial charge < -0.3 is 14.6 Å². The molecule has 186 valence electrons. The molecule has 7 heteroatoms. The normalized spacial score (nSPS) is 20.1. The molecular formula is C28H35N3O3S. The first kappa shape index (κ1) is 25.2. The van der Waals surface area contributed by atoms with E-state index in [1.165, 1.54) is 11.3 Å². The maximum absolute atomic E-state index is 13.0. The Balaban J connectivity index is 1.70. The van der Waals surface area contributed by atoms with Crippen molar-refractivity contribution in [3.8, 4) is 11.1 Å². The van der Waals surface area contributed by atoms with Crippen LogP contribution >= 0.6 is 11.3 Å². The number of nitrogens with zero attached hydrogens (tertiary/aromatic N) is 2. The third kappa shape index (κ3) is 5.08. The van der Waals surface area contributed by atoms with Crippen molar-refractivity contribution >= 4 is 29.3 Å². The Morgan fingerprint density at radius 2 is 1.97 bits per heavy atom. The number of ether oxygens (including phenoxy) is 1. The van der Waals surface area contributed by atoms with E-state index in [9.17, 15) is 14.9 Å². The lowest BCUT2D eigenvalue weighted by atomic mass is 9.86. The van der Waals surface area contributed by atoms with Crippen molar-refractivity contribution in [3.05, 3.63) is 44.6 Å². The number of amides is 1. The molecule has 2 aliphatic rings. The maximum Gasteiger partial charge on any atom is 0.341 e. The zero-order chi connectivity index (χ0) is 25.1. The molecule has 2 atom stereocenters. The summed E-state index contributed by atoms with van der Waals surface area (Å²) in [6.07, 6.45) is 10.1. The average Bonchev–Trinajstić information content (AvgIpc) is 3.35. The molecule has 2 heterocycles. The molecule has 2 aliphatic carbocycles. The van der Waals surface area contributed by atoms with Crippen LogP contribution in [0.25, 0.3) is 11.1 Å². The molecule has 0 unspecified atom stereocenters. The Bertz CT molecular complexity index is 1200. The van der Waals surface area contributed by atoms with Crippen LogP contribution in [-0.2, 0) is 22.4 Å². The Morgan fingerprint density at radius 1 is 1.23 bits per heavy atom. The van der Waals surface area contributed by atoms with E-state index in [0.717, 1.165) is 72.5 Å². The molecule has 0 aromatic carbocycles. The summed E-state index contributed by atoms with van der Waals surface area (Å²) in [5, 5.41) is 13.7. The molecule has 35 heavy (non-hydrogen) atoms. The first-order valence-electron chi connectivity index (χ1n) is 12.8. The van der Waals surface area contributed by atoms with Gasteiger partial charge in [0.25, 0.3) is 5.91 Å². The van der Waals surface area contributed by atoms with E-state index in [1.54, 1.807) is 17.4 Å². The molecule has 0 spiro atoms. The third-order valence-electron chi connectivity index (χ3n) is 7.40. The van der Waals surface area contributed by atoms with E-state index < -0.39 is 0 Å². The summed E-state index contributed by atoms with van der Waals surface area (Å²) < 4.78 is 7.52. The number of nitriles is 1. The van der Waals surface area contributed by atoms with Gasteiger partial charge in [0.2, 0.25) is 0 Å². The van der Waals surface area contributed by atoms with E-state index in [1.807, 2.05) is 26.8 Å². The molecule has 0 aliphatic heterocycles. The number of carbonyl (C=O) groups is 2. The topological polar surface area (TPSA) is 84.1 Å². The van der Waals surface area contributed by atoms with E-state index >= 15 is 0 Å². The summed E-state index contributed by atoms with van der Waals surface area (Å²) in [5.74, 6) is -0.163. The monoisotopic (exact) mass is 493 g/mol. The second-order valence-corrected chi connectivity index (χ2v) is 10.9. The molecule has 0 bridgehead atoms. The lowest BCUT2D eigenvalue weighted by molar-refractivity contribution is -0.118. The summed E-state index contributed by atoms with van der Waals surface area (Å²) in [5.41, 5.74) is 4.58. The smallest absolute Gasteiger partial charge is 0.341 e. The van der Waals surface area contributed by atoms with E-state index in [2.05, 4.69) is 22.9 Å². The lowest BCUT2D eigenvalue weighted by Crippen LogP contribution is -2.41. The Kier molecular flexibility index (Phi) is 7.81. The molecule has 0 saturated heterocycles. The van der Waals surface area contributed by atoms with Crippen molar-refractivity contribution in [2.45, 2.75) is 85.1 Å². The molecule has 1 N–H and O–H groups in total. The lowest BCUT2D eigenvalue weighted by Gasteiger charge is -2.29. The van der Waals surface area contributed by atoms with Gasteiger partial charge in [-0.3, -0.25) is 4.79 Å². The van der Waals surface area contributed by atoms with Crippen molar-refractivity contribution in [3.63, 3.8) is 0 Å². The minimum absolute atomic E-state index is 0.110. The van der Waals surface area contributed by atoms with Gasteiger partial charge in [-0.2, -0.15) is 5.26 Å². The van der Waals surface area contributed by atoms with Crippen LogP contribution in [0.4, 0.5) is 0 Å². The van der Waals surface area contributed by atoms with Gasteiger partial charge in [0.15, 0.2) is 0 Å². The number of hydrogen-bond acceptors (Lipinski definition) is 5. The van der Waals surface area contributed by atoms with Gasteiger partial charge in [0, 0.05) is 22.3 Å². The predicted molar refractivity (Wildman–Crippen MR) is 139 cm³/mol. The second kappa shape index (κ2) is 10.8. The molecule has 6 nitrogen and oxygen atoms in total. The number of hydrogen-bond donors (Lipinski definition) is 1. The average molecular weight is 494 g/mol. The third-order valence-corrected chi connectivity index (χ3v) is 8.68. The molecule has 1 saturated carbocycles. The number of aryl methyl sites for hydroxylation is 2. The van der Waals surface area contributed by atoms with Crippen LogP contribution < -0.4 is 5.32 Å². The standard InChI is InChI=1S/C28H35N3O3S/c1-5-34-28(33)25-22-11-7-9-13-24(22)35-27(25)31-18(3)14-20(19(31)4)15-21(16-29)26(32)30-23-12-8-6-10-17(23)2/h14-15,17,23H,5-13H2,1-4H3,(H,30,32)/b21-15+/t17-,23-/m1/s1. The van der Waals surface area contributed by atoms with E-state index in [0.29, 0.717) is 18.1 Å². The number of nitrogens with one attached hydrogen (secondary N) is 1.